The Morgan fingerprint density at radius 3 is 2.48 bits per heavy atom. The van der Waals surface area contributed by atoms with Crippen molar-refractivity contribution >= 4 is 29.5 Å². The number of carboxylic acids is 1. The summed E-state index contributed by atoms with van der Waals surface area (Å²) < 4.78 is 1.74. The summed E-state index contributed by atoms with van der Waals surface area (Å²) in [7, 11) is 2.59. The van der Waals surface area contributed by atoms with E-state index in [1.165, 1.54) is 14.1 Å². The van der Waals surface area contributed by atoms with Crippen molar-refractivity contribution in [2.24, 2.45) is 19.1 Å². The molecule has 0 fully saturated rings. The molecule has 0 bridgehead atoms. The predicted molar refractivity (Wildman–Crippen MR) is 97.8 cm³/mol. The summed E-state index contributed by atoms with van der Waals surface area (Å²) in [6, 6.07) is 6.42. The van der Waals surface area contributed by atoms with Gasteiger partial charge in [0, 0.05) is 26.7 Å². The SMILES string of the molecule is Cn1c(O)c(C=Nc2ccccc2NC(=O)CCC(=O)O)c(=O)n(C)c1=O. The number of hydrogen-bond donors (Lipinski definition) is 3. The van der Waals surface area contributed by atoms with Crippen LogP contribution in [0.5, 0.6) is 5.88 Å². The minimum atomic E-state index is -1.09. The standard InChI is InChI=1S/C17H18N4O6/c1-20-15(25)10(16(26)21(2)17(20)27)9-18-11-5-3-4-6-12(11)19-13(22)7-8-14(23)24/h3-6,9,25H,7-8H2,1-2H3,(H,19,22)(H,23,24). The number of para-hydroxylation sites is 2. The molecule has 0 aliphatic carbocycles. The fourth-order valence-electron chi connectivity index (χ4n) is 2.23. The number of benzene rings is 1. The van der Waals surface area contributed by atoms with Gasteiger partial charge in [-0.1, -0.05) is 12.1 Å². The van der Waals surface area contributed by atoms with Crippen molar-refractivity contribution < 1.29 is 19.8 Å². The molecule has 1 aromatic carbocycles. The highest BCUT2D eigenvalue weighted by Crippen LogP contribution is 2.24. The van der Waals surface area contributed by atoms with Gasteiger partial charge in [-0.15, -0.1) is 0 Å². The van der Waals surface area contributed by atoms with Crippen LogP contribution in [0.25, 0.3) is 0 Å². The van der Waals surface area contributed by atoms with E-state index in [0.29, 0.717) is 5.69 Å². The zero-order valence-electron chi connectivity index (χ0n) is 14.7. The van der Waals surface area contributed by atoms with Crippen molar-refractivity contribution in [3.8, 4) is 5.88 Å². The second-order valence-electron chi connectivity index (χ2n) is 5.66. The van der Waals surface area contributed by atoms with Gasteiger partial charge in [0.05, 0.1) is 17.8 Å². The second kappa shape index (κ2) is 8.13. The van der Waals surface area contributed by atoms with Crippen LogP contribution in [-0.4, -0.2) is 37.4 Å². The maximum absolute atomic E-state index is 12.2. The Hall–Kier alpha value is -3.69. The van der Waals surface area contributed by atoms with Crippen LogP contribution >= 0.6 is 0 Å². The monoisotopic (exact) mass is 374 g/mol. The Kier molecular flexibility index (Phi) is 5.91. The molecule has 1 aromatic heterocycles. The number of carboxylic acid groups (broad SMARTS) is 1. The van der Waals surface area contributed by atoms with E-state index >= 15 is 0 Å². The predicted octanol–water partition coefficient (Wildman–Crippen LogP) is 0.343. The molecule has 0 atom stereocenters. The molecule has 27 heavy (non-hydrogen) atoms. The number of aromatic hydroxyl groups is 1. The van der Waals surface area contributed by atoms with E-state index in [1.807, 2.05) is 0 Å². The van der Waals surface area contributed by atoms with Crippen LogP contribution in [-0.2, 0) is 23.7 Å². The Labute approximate surface area is 153 Å². The first-order valence-electron chi connectivity index (χ1n) is 7.86. The van der Waals surface area contributed by atoms with E-state index in [4.69, 9.17) is 5.11 Å². The van der Waals surface area contributed by atoms with Gasteiger partial charge in [0.2, 0.25) is 11.8 Å². The molecular formula is C17H18N4O6. The minimum Gasteiger partial charge on any atom is -0.494 e. The quantitative estimate of drug-likeness (QED) is 0.622. The molecule has 2 rings (SSSR count). The average molecular weight is 374 g/mol. The third-order valence-corrected chi connectivity index (χ3v) is 3.74. The number of carbonyl (C=O) groups is 2. The van der Waals surface area contributed by atoms with Crippen LogP contribution < -0.4 is 16.6 Å². The van der Waals surface area contributed by atoms with Crippen LogP contribution in [0, 0.1) is 0 Å². The van der Waals surface area contributed by atoms with E-state index in [0.717, 1.165) is 15.3 Å². The summed E-state index contributed by atoms with van der Waals surface area (Å²) >= 11 is 0. The van der Waals surface area contributed by atoms with Gasteiger partial charge in [0.15, 0.2) is 0 Å². The molecule has 0 unspecified atom stereocenters. The summed E-state index contributed by atoms with van der Waals surface area (Å²) in [6.07, 6.45) is 0.591. The molecule has 0 saturated carbocycles. The molecule has 0 radical (unpaired) electrons. The van der Waals surface area contributed by atoms with Crippen molar-refractivity contribution in [1.82, 2.24) is 9.13 Å². The van der Waals surface area contributed by atoms with Crippen molar-refractivity contribution in [2.45, 2.75) is 12.8 Å². The molecule has 2 aromatic rings. The highest BCUT2D eigenvalue weighted by Gasteiger charge is 2.13. The smallest absolute Gasteiger partial charge is 0.333 e. The number of hydrogen-bond acceptors (Lipinski definition) is 6. The molecule has 1 heterocycles. The van der Waals surface area contributed by atoms with Crippen LogP contribution in [0.15, 0.2) is 38.8 Å². The number of amides is 1. The van der Waals surface area contributed by atoms with Gasteiger partial charge in [0.25, 0.3) is 5.56 Å². The molecule has 0 saturated heterocycles. The number of aromatic nitrogens is 2. The third-order valence-electron chi connectivity index (χ3n) is 3.74. The molecule has 0 aliphatic rings. The maximum atomic E-state index is 12.2. The van der Waals surface area contributed by atoms with Crippen molar-refractivity contribution in [2.75, 3.05) is 5.32 Å². The van der Waals surface area contributed by atoms with Crippen LogP contribution in [0.1, 0.15) is 18.4 Å². The Bertz CT molecular complexity index is 1030. The Morgan fingerprint density at radius 1 is 1.15 bits per heavy atom. The van der Waals surface area contributed by atoms with Crippen molar-refractivity contribution in [3.05, 3.63) is 50.7 Å². The fourth-order valence-corrected chi connectivity index (χ4v) is 2.23. The lowest BCUT2D eigenvalue weighted by Gasteiger charge is -2.09. The normalized spacial score (nSPS) is 10.9. The van der Waals surface area contributed by atoms with Crippen molar-refractivity contribution in [3.63, 3.8) is 0 Å². The zero-order valence-corrected chi connectivity index (χ0v) is 14.7. The van der Waals surface area contributed by atoms with E-state index in [9.17, 15) is 24.3 Å². The topological polar surface area (TPSA) is 143 Å². The van der Waals surface area contributed by atoms with Gasteiger partial charge in [-0.2, -0.15) is 0 Å². The van der Waals surface area contributed by atoms with Crippen LogP contribution in [0.2, 0.25) is 0 Å². The number of aliphatic carboxylic acids is 1. The van der Waals surface area contributed by atoms with Gasteiger partial charge in [-0.25, -0.2) is 4.79 Å². The molecule has 10 nitrogen and oxygen atoms in total. The Morgan fingerprint density at radius 2 is 1.81 bits per heavy atom. The Balaban J connectivity index is 2.34. The molecule has 3 N–H and O–H groups in total. The molecule has 0 aliphatic heterocycles. The number of anilines is 1. The summed E-state index contributed by atoms with van der Waals surface area (Å²) in [4.78, 5) is 50.4. The lowest BCUT2D eigenvalue weighted by Crippen LogP contribution is -2.38. The van der Waals surface area contributed by atoms with Gasteiger partial charge >= 0.3 is 11.7 Å². The summed E-state index contributed by atoms with van der Waals surface area (Å²) in [6.45, 7) is 0. The highest BCUT2D eigenvalue weighted by atomic mass is 16.4. The lowest BCUT2D eigenvalue weighted by molar-refractivity contribution is -0.138. The summed E-state index contributed by atoms with van der Waals surface area (Å²) in [5.74, 6) is -2.12. The van der Waals surface area contributed by atoms with Crippen LogP contribution in [0.3, 0.4) is 0 Å². The lowest BCUT2D eigenvalue weighted by atomic mass is 10.2. The first kappa shape index (κ1) is 19.6. The molecule has 0 spiro atoms. The molecule has 10 heteroatoms. The second-order valence-corrected chi connectivity index (χ2v) is 5.66. The van der Waals surface area contributed by atoms with E-state index < -0.39 is 29.0 Å². The first-order valence-corrected chi connectivity index (χ1v) is 7.86. The first-order chi connectivity index (χ1) is 12.7. The van der Waals surface area contributed by atoms with Gasteiger partial charge in [-0.05, 0) is 12.1 Å². The minimum absolute atomic E-state index is 0.188. The highest BCUT2D eigenvalue weighted by molar-refractivity contribution is 5.96. The van der Waals surface area contributed by atoms with Crippen LogP contribution in [0.4, 0.5) is 11.4 Å². The number of nitrogens with zero attached hydrogens (tertiary/aromatic N) is 3. The molecule has 142 valence electrons. The number of rotatable bonds is 6. The average Bonchev–Trinajstić information content (AvgIpc) is 2.64. The number of aliphatic imine (C=N–C) groups is 1. The fraction of sp³-hybridized carbons (Fsp3) is 0.235. The largest absolute Gasteiger partial charge is 0.494 e. The van der Waals surface area contributed by atoms with Crippen molar-refractivity contribution in [1.29, 1.82) is 0 Å². The van der Waals surface area contributed by atoms with Gasteiger partial charge in [-0.3, -0.25) is 28.5 Å². The summed E-state index contributed by atoms with van der Waals surface area (Å²) in [5.41, 5.74) is -0.989. The third kappa shape index (κ3) is 4.48. The summed E-state index contributed by atoms with van der Waals surface area (Å²) in [5, 5.41) is 21.2. The number of nitrogens with one attached hydrogen (secondary N) is 1. The van der Waals surface area contributed by atoms with Gasteiger partial charge in [0.1, 0.15) is 5.56 Å². The van der Waals surface area contributed by atoms with E-state index in [1.54, 1.807) is 24.3 Å². The molecule has 1 amide bonds. The molecular weight excluding hydrogens is 356 g/mol. The van der Waals surface area contributed by atoms with Gasteiger partial charge < -0.3 is 15.5 Å². The van der Waals surface area contributed by atoms with E-state index in [2.05, 4.69) is 10.3 Å². The van der Waals surface area contributed by atoms with E-state index in [-0.39, 0.29) is 24.1 Å². The zero-order chi connectivity index (χ0) is 20.1. The number of carbonyl (C=O) groups excluding carboxylic acids is 1. The maximum Gasteiger partial charge on any atom is 0.333 e.